The Hall–Kier alpha value is -2.24. The molecule has 0 radical (unpaired) electrons. The Morgan fingerprint density at radius 3 is 2.64 bits per heavy atom. The molecule has 0 spiro atoms. The lowest BCUT2D eigenvalue weighted by Crippen LogP contribution is -2.12. The second-order valence-electron chi connectivity index (χ2n) is 5.45. The molecule has 126 valence electrons. The van der Waals surface area contributed by atoms with Crippen LogP contribution in [-0.4, -0.2) is 15.9 Å². The lowest BCUT2D eigenvalue weighted by Gasteiger charge is -2.09. The molecule has 1 N–H and O–H groups in total. The van der Waals surface area contributed by atoms with E-state index in [4.69, 9.17) is 11.6 Å². The summed E-state index contributed by atoms with van der Waals surface area (Å²) in [4.78, 5) is 21.1. The molecule has 0 saturated heterocycles. The first-order valence-corrected chi connectivity index (χ1v) is 8.96. The smallest absolute Gasteiger partial charge is 0.257 e. The largest absolute Gasteiger partial charge is 0.322 e. The molecule has 3 rings (SSSR count). The number of hydrogen-bond donors (Lipinski definition) is 1. The molecule has 1 unspecified atom stereocenters. The first kappa shape index (κ1) is 17.6. The van der Waals surface area contributed by atoms with Crippen molar-refractivity contribution in [2.45, 2.75) is 11.8 Å². The standard InChI is InChI=1S/C19H15BrClN3O/c1-12(20)17-8-5-13(11-23-17)19(25)24-14-6-7-16(21)15(10-14)18-4-2-3-9-22-18/h2-12H,1H3,(H,24,25). The lowest BCUT2D eigenvalue weighted by molar-refractivity contribution is 0.102. The highest BCUT2D eigenvalue weighted by molar-refractivity contribution is 9.09. The van der Waals surface area contributed by atoms with Crippen molar-refractivity contribution < 1.29 is 4.79 Å². The number of pyridine rings is 2. The molecule has 0 bridgehead atoms. The third-order valence-corrected chi connectivity index (χ3v) is 4.42. The van der Waals surface area contributed by atoms with E-state index in [0.717, 1.165) is 17.0 Å². The van der Waals surface area contributed by atoms with Crippen LogP contribution in [0.5, 0.6) is 0 Å². The Morgan fingerprint density at radius 2 is 2.00 bits per heavy atom. The van der Waals surface area contributed by atoms with Crippen LogP contribution in [0.4, 0.5) is 5.69 Å². The van der Waals surface area contributed by atoms with E-state index in [1.54, 1.807) is 30.6 Å². The van der Waals surface area contributed by atoms with Gasteiger partial charge in [0.1, 0.15) is 0 Å². The first-order chi connectivity index (χ1) is 12.0. The number of halogens is 2. The summed E-state index contributed by atoms with van der Waals surface area (Å²) >= 11 is 9.72. The van der Waals surface area contributed by atoms with E-state index >= 15 is 0 Å². The molecule has 0 aliphatic carbocycles. The summed E-state index contributed by atoms with van der Waals surface area (Å²) in [5, 5.41) is 3.45. The Kier molecular flexibility index (Phi) is 5.46. The van der Waals surface area contributed by atoms with Gasteiger partial charge in [0.05, 0.1) is 26.8 Å². The molecular weight excluding hydrogens is 402 g/mol. The van der Waals surface area contributed by atoms with E-state index in [1.165, 1.54) is 0 Å². The summed E-state index contributed by atoms with van der Waals surface area (Å²) in [6.07, 6.45) is 3.27. The average Bonchev–Trinajstić information content (AvgIpc) is 2.64. The first-order valence-electron chi connectivity index (χ1n) is 7.67. The van der Waals surface area contributed by atoms with E-state index in [1.807, 2.05) is 37.3 Å². The van der Waals surface area contributed by atoms with Crippen LogP contribution in [0.25, 0.3) is 11.3 Å². The molecule has 25 heavy (non-hydrogen) atoms. The number of nitrogens with one attached hydrogen (secondary N) is 1. The Morgan fingerprint density at radius 1 is 1.16 bits per heavy atom. The summed E-state index contributed by atoms with van der Waals surface area (Å²) in [6, 6.07) is 14.5. The van der Waals surface area contributed by atoms with E-state index in [-0.39, 0.29) is 10.7 Å². The van der Waals surface area contributed by atoms with Crippen molar-refractivity contribution >= 4 is 39.1 Å². The number of nitrogens with zero attached hydrogens (tertiary/aromatic N) is 2. The Bertz CT molecular complexity index is 883. The maximum Gasteiger partial charge on any atom is 0.257 e. The van der Waals surface area contributed by atoms with Crippen molar-refractivity contribution in [2.75, 3.05) is 5.32 Å². The van der Waals surface area contributed by atoms with Gasteiger partial charge in [-0.3, -0.25) is 14.8 Å². The number of alkyl halides is 1. The summed E-state index contributed by atoms with van der Waals surface area (Å²) < 4.78 is 0. The van der Waals surface area contributed by atoms with Crippen molar-refractivity contribution in [3.05, 3.63) is 77.2 Å². The molecule has 0 aliphatic rings. The van der Waals surface area contributed by atoms with Gasteiger partial charge in [-0.05, 0) is 49.4 Å². The topological polar surface area (TPSA) is 54.9 Å². The molecule has 2 aromatic heterocycles. The summed E-state index contributed by atoms with van der Waals surface area (Å²) in [6.45, 7) is 1.98. The zero-order valence-corrected chi connectivity index (χ0v) is 15.8. The fraction of sp³-hybridized carbons (Fsp3) is 0.105. The molecule has 6 heteroatoms. The second-order valence-corrected chi connectivity index (χ2v) is 7.23. The van der Waals surface area contributed by atoms with Gasteiger partial charge < -0.3 is 5.32 Å². The molecule has 0 saturated carbocycles. The zero-order valence-electron chi connectivity index (χ0n) is 13.4. The lowest BCUT2D eigenvalue weighted by atomic mass is 10.1. The van der Waals surface area contributed by atoms with Crippen molar-refractivity contribution in [1.82, 2.24) is 9.97 Å². The van der Waals surface area contributed by atoms with Crippen LogP contribution in [0, 0.1) is 0 Å². The van der Waals surface area contributed by atoms with E-state index in [0.29, 0.717) is 16.3 Å². The molecule has 1 amide bonds. The zero-order chi connectivity index (χ0) is 17.8. The number of amides is 1. The van der Waals surface area contributed by atoms with Gasteiger partial charge in [0.2, 0.25) is 0 Å². The fourth-order valence-electron chi connectivity index (χ4n) is 2.30. The van der Waals surface area contributed by atoms with E-state index < -0.39 is 0 Å². The van der Waals surface area contributed by atoms with Gasteiger partial charge in [0.15, 0.2) is 0 Å². The molecule has 0 aliphatic heterocycles. The van der Waals surface area contributed by atoms with Crippen molar-refractivity contribution in [2.24, 2.45) is 0 Å². The maximum atomic E-state index is 12.4. The van der Waals surface area contributed by atoms with Gasteiger partial charge in [-0.25, -0.2) is 0 Å². The number of aromatic nitrogens is 2. The van der Waals surface area contributed by atoms with Gasteiger partial charge >= 0.3 is 0 Å². The van der Waals surface area contributed by atoms with Crippen molar-refractivity contribution in [3.8, 4) is 11.3 Å². The third kappa shape index (κ3) is 4.24. The molecular formula is C19H15BrClN3O. The van der Waals surface area contributed by atoms with Gasteiger partial charge in [-0.15, -0.1) is 0 Å². The molecule has 2 heterocycles. The molecule has 3 aromatic rings. The van der Waals surface area contributed by atoms with E-state index in [9.17, 15) is 4.79 Å². The second kappa shape index (κ2) is 7.76. The molecule has 1 atom stereocenters. The Labute approximate surface area is 159 Å². The molecule has 1 aromatic carbocycles. The van der Waals surface area contributed by atoms with Crippen LogP contribution in [0.2, 0.25) is 5.02 Å². The van der Waals surface area contributed by atoms with Crippen LogP contribution >= 0.6 is 27.5 Å². The minimum Gasteiger partial charge on any atom is -0.322 e. The summed E-state index contributed by atoms with van der Waals surface area (Å²) in [5.41, 5.74) is 3.53. The van der Waals surface area contributed by atoms with Crippen molar-refractivity contribution in [3.63, 3.8) is 0 Å². The van der Waals surface area contributed by atoms with Gasteiger partial charge in [0.25, 0.3) is 5.91 Å². The third-order valence-electron chi connectivity index (χ3n) is 3.62. The fourth-order valence-corrected chi connectivity index (χ4v) is 2.78. The average molecular weight is 417 g/mol. The Balaban J connectivity index is 1.82. The van der Waals surface area contributed by atoms with Crippen LogP contribution in [0.3, 0.4) is 0 Å². The predicted octanol–water partition coefficient (Wildman–Crippen LogP) is 5.51. The number of carbonyl (C=O) groups excluding carboxylic acids is 1. The normalized spacial score (nSPS) is 11.8. The molecule has 0 fully saturated rings. The summed E-state index contributed by atoms with van der Waals surface area (Å²) in [5.74, 6) is -0.226. The number of rotatable bonds is 4. The quantitative estimate of drug-likeness (QED) is 0.571. The predicted molar refractivity (Wildman–Crippen MR) is 104 cm³/mol. The highest BCUT2D eigenvalue weighted by Crippen LogP contribution is 2.29. The highest BCUT2D eigenvalue weighted by Gasteiger charge is 2.11. The van der Waals surface area contributed by atoms with Crippen LogP contribution in [0.1, 0.15) is 27.8 Å². The number of benzene rings is 1. The monoisotopic (exact) mass is 415 g/mol. The molecule has 4 nitrogen and oxygen atoms in total. The minimum atomic E-state index is -0.226. The maximum absolute atomic E-state index is 12.4. The summed E-state index contributed by atoms with van der Waals surface area (Å²) in [7, 11) is 0. The van der Waals surface area contributed by atoms with Gasteiger partial charge in [-0.2, -0.15) is 0 Å². The number of hydrogen-bond acceptors (Lipinski definition) is 3. The van der Waals surface area contributed by atoms with Gasteiger partial charge in [-0.1, -0.05) is 33.6 Å². The SMILES string of the molecule is CC(Br)c1ccc(C(=O)Nc2ccc(Cl)c(-c3ccccn3)c2)cn1. The minimum absolute atomic E-state index is 0.141. The van der Waals surface area contributed by atoms with Gasteiger partial charge in [0, 0.05) is 23.6 Å². The number of anilines is 1. The van der Waals surface area contributed by atoms with E-state index in [2.05, 4.69) is 31.2 Å². The number of carbonyl (C=O) groups is 1. The van der Waals surface area contributed by atoms with Crippen LogP contribution in [0.15, 0.2) is 60.9 Å². The highest BCUT2D eigenvalue weighted by atomic mass is 79.9. The van der Waals surface area contributed by atoms with Crippen LogP contribution < -0.4 is 5.32 Å². The van der Waals surface area contributed by atoms with Crippen LogP contribution in [-0.2, 0) is 0 Å². The van der Waals surface area contributed by atoms with Crippen molar-refractivity contribution in [1.29, 1.82) is 0 Å².